The van der Waals surface area contributed by atoms with E-state index in [0.717, 1.165) is 47.0 Å². The van der Waals surface area contributed by atoms with Crippen molar-refractivity contribution in [3.05, 3.63) is 47.5 Å². The van der Waals surface area contributed by atoms with E-state index in [1.807, 2.05) is 43.3 Å². The summed E-state index contributed by atoms with van der Waals surface area (Å²) in [5.41, 5.74) is 2.92. The van der Waals surface area contributed by atoms with Gasteiger partial charge in [-0.2, -0.15) is 0 Å². The molecule has 3 aromatic rings. The van der Waals surface area contributed by atoms with Gasteiger partial charge in [0.1, 0.15) is 35.1 Å². The predicted octanol–water partition coefficient (Wildman–Crippen LogP) is 4.85. The van der Waals surface area contributed by atoms with Crippen LogP contribution >= 0.6 is 0 Å². The maximum Gasteiger partial charge on any atom is 0.342 e. The first-order chi connectivity index (χ1) is 14.7. The van der Waals surface area contributed by atoms with Gasteiger partial charge in [0.25, 0.3) is 0 Å². The third-order valence-corrected chi connectivity index (χ3v) is 5.75. The SMILES string of the molecule is CCOC(=O)c1c(-c2ccc(OC)cc2)oc2ccc3c(c12)CN(CC1CC1)CO3. The van der Waals surface area contributed by atoms with Crippen molar-refractivity contribution in [2.75, 3.05) is 27.0 Å². The van der Waals surface area contributed by atoms with Crippen molar-refractivity contribution >= 4 is 16.9 Å². The van der Waals surface area contributed by atoms with E-state index in [1.165, 1.54) is 12.8 Å². The lowest BCUT2D eigenvalue weighted by molar-refractivity contribution is 0.0528. The van der Waals surface area contributed by atoms with Crippen molar-refractivity contribution in [1.82, 2.24) is 4.90 Å². The maximum atomic E-state index is 13.0. The third-order valence-electron chi connectivity index (χ3n) is 5.75. The monoisotopic (exact) mass is 407 g/mol. The number of hydrogen-bond acceptors (Lipinski definition) is 6. The highest BCUT2D eigenvalue weighted by Gasteiger charge is 2.31. The zero-order valence-electron chi connectivity index (χ0n) is 17.3. The molecule has 0 spiro atoms. The molecule has 2 aromatic carbocycles. The first-order valence-corrected chi connectivity index (χ1v) is 10.4. The molecule has 6 heteroatoms. The van der Waals surface area contributed by atoms with Crippen molar-refractivity contribution in [3.8, 4) is 22.8 Å². The van der Waals surface area contributed by atoms with Crippen LogP contribution in [-0.2, 0) is 11.3 Å². The lowest BCUT2D eigenvalue weighted by Crippen LogP contribution is -2.33. The lowest BCUT2D eigenvalue weighted by Gasteiger charge is -2.29. The van der Waals surface area contributed by atoms with Crippen LogP contribution in [0.5, 0.6) is 11.5 Å². The number of furan rings is 1. The summed E-state index contributed by atoms with van der Waals surface area (Å²) in [6.45, 7) is 4.44. The molecule has 2 aliphatic rings. The fourth-order valence-corrected chi connectivity index (χ4v) is 4.09. The number of benzene rings is 2. The minimum atomic E-state index is -0.380. The molecule has 1 fully saturated rings. The molecule has 0 N–H and O–H groups in total. The van der Waals surface area contributed by atoms with E-state index < -0.39 is 0 Å². The molecule has 0 atom stereocenters. The summed E-state index contributed by atoms with van der Waals surface area (Å²) in [7, 11) is 1.62. The van der Waals surface area contributed by atoms with E-state index >= 15 is 0 Å². The molecule has 1 aliphatic carbocycles. The molecule has 0 radical (unpaired) electrons. The normalized spacial score (nSPS) is 16.2. The maximum absolute atomic E-state index is 13.0. The second-order valence-electron chi connectivity index (χ2n) is 7.90. The Morgan fingerprint density at radius 3 is 2.67 bits per heavy atom. The Bertz CT molecular complexity index is 1080. The molecule has 30 heavy (non-hydrogen) atoms. The van der Waals surface area contributed by atoms with Gasteiger partial charge >= 0.3 is 5.97 Å². The topological polar surface area (TPSA) is 61.1 Å². The molecule has 0 amide bonds. The van der Waals surface area contributed by atoms with E-state index in [9.17, 15) is 4.79 Å². The minimum absolute atomic E-state index is 0.299. The summed E-state index contributed by atoms with van der Waals surface area (Å²) in [5.74, 6) is 2.45. The van der Waals surface area contributed by atoms with Crippen LogP contribution in [-0.4, -0.2) is 37.9 Å². The predicted molar refractivity (Wildman–Crippen MR) is 113 cm³/mol. The number of methoxy groups -OCH3 is 1. The molecule has 5 rings (SSSR count). The average molecular weight is 407 g/mol. The number of carbonyl (C=O) groups excluding carboxylic acids is 1. The molecule has 2 heterocycles. The Labute approximate surface area is 175 Å². The fraction of sp³-hybridized carbons (Fsp3) is 0.375. The van der Waals surface area contributed by atoms with Crippen LogP contribution in [0.3, 0.4) is 0 Å². The van der Waals surface area contributed by atoms with Gasteiger partial charge in [-0.25, -0.2) is 4.79 Å². The van der Waals surface area contributed by atoms with Gasteiger partial charge in [0.05, 0.1) is 13.7 Å². The van der Waals surface area contributed by atoms with E-state index in [4.69, 9.17) is 18.6 Å². The van der Waals surface area contributed by atoms with Crippen molar-refractivity contribution < 1.29 is 23.4 Å². The Morgan fingerprint density at radius 2 is 1.97 bits per heavy atom. The van der Waals surface area contributed by atoms with E-state index in [-0.39, 0.29) is 5.97 Å². The fourth-order valence-electron chi connectivity index (χ4n) is 4.09. The van der Waals surface area contributed by atoms with Crippen molar-refractivity contribution in [3.63, 3.8) is 0 Å². The summed E-state index contributed by atoms with van der Waals surface area (Å²) in [6, 6.07) is 11.3. The summed E-state index contributed by atoms with van der Waals surface area (Å²) in [4.78, 5) is 15.3. The number of ether oxygens (including phenoxy) is 3. The molecule has 0 saturated heterocycles. The largest absolute Gasteiger partial charge is 0.497 e. The zero-order chi connectivity index (χ0) is 20.7. The van der Waals surface area contributed by atoms with E-state index in [0.29, 0.717) is 30.2 Å². The van der Waals surface area contributed by atoms with Crippen molar-refractivity contribution in [1.29, 1.82) is 0 Å². The lowest BCUT2D eigenvalue weighted by atomic mass is 10.00. The zero-order valence-corrected chi connectivity index (χ0v) is 17.3. The minimum Gasteiger partial charge on any atom is -0.497 e. The molecule has 1 aromatic heterocycles. The standard InChI is InChI=1S/C24H25NO5/c1-3-28-24(26)22-21-18-13-25(12-15-4-5-15)14-29-19(18)10-11-20(21)30-23(22)16-6-8-17(27-2)9-7-16/h6-11,15H,3-5,12-14H2,1-2H3. The van der Waals surface area contributed by atoms with Crippen LogP contribution in [0.4, 0.5) is 0 Å². The highest BCUT2D eigenvalue weighted by atomic mass is 16.5. The Kier molecular flexibility index (Phi) is 4.87. The second kappa shape index (κ2) is 7.69. The number of esters is 1. The van der Waals surface area contributed by atoms with Gasteiger partial charge in [0, 0.05) is 29.6 Å². The Hall–Kier alpha value is -2.99. The molecular formula is C24H25NO5. The number of hydrogen-bond donors (Lipinski definition) is 0. The highest BCUT2D eigenvalue weighted by Crippen LogP contribution is 2.42. The van der Waals surface area contributed by atoms with Gasteiger partial charge in [0.2, 0.25) is 0 Å². The molecule has 1 saturated carbocycles. The van der Waals surface area contributed by atoms with Gasteiger partial charge in [-0.3, -0.25) is 4.90 Å². The van der Waals surface area contributed by atoms with Crippen molar-refractivity contribution in [2.24, 2.45) is 5.92 Å². The number of nitrogens with zero attached hydrogens (tertiary/aromatic N) is 1. The molecule has 156 valence electrons. The second-order valence-corrected chi connectivity index (χ2v) is 7.90. The van der Waals surface area contributed by atoms with Gasteiger partial charge in [-0.1, -0.05) is 0 Å². The van der Waals surface area contributed by atoms with Crippen LogP contribution in [0.25, 0.3) is 22.3 Å². The smallest absolute Gasteiger partial charge is 0.342 e. The Balaban J connectivity index is 1.65. The quantitative estimate of drug-likeness (QED) is 0.545. The van der Waals surface area contributed by atoms with Crippen LogP contribution in [0, 0.1) is 5.92 Å². The summed E-state index contributed by atoms with van der Waals surface area (Å²) in [6.07, 6.45) is 2.57. The van der Waals surface area contributed by atoms with Crippen LogP contribution in [0.2, 0.25) is 0 Å². The number of carbonyl (C=O) groups is 1. The Morgan fingerprint density at radius 1 is 1.17 bits per heavy atom. The highest BCUT2D eigenvalue weighted by molar-refractivity contribution is 6.10. The van der Waals surface area contributed by atoms with Crippen LogP contribution in [0.1, 0.15) is 35.7 Å². The van der Waals surface area contributed by atoms with Crippen LogP contribution in [0.15, 0.2) is 40.8 Å². The van der Waals surface area contributed by atoms with Crippen molar-refractivity contribution in [2.45, 2.75) is 26.3 Å². The summed E-state index contributed by atoms with van der Waals surface area (Å²) < 4.78 is 22.9. The summed E-state index contributed by atoms with van der Waals surface area (Å²) in [5, 5.41) is 0.789. The first kappa shape index (κ1) is 19.0. The molecule has 0 bridgehead atoms. The van der Waals surface area contributed by atoms with Gasteiger partial charge in [0.15, 0.2) is 0 Å². The van der Waals surface area contributed by atoms with Gasteiger partial charge in [-0.15, -0.1) is 0 Å². The third kappa shape index (κ3) is 3.41. The molecular weight excluding hydrogens is 382 g/mol. The van der Waals surface area contributed by atoms with Gasteiger partial charge in [-0.05, 0) is 62.1 Å². The van der Waals surface area contributed by atoms with Gasteiger partial charge < -0.3 is 18.6 Å². The average Bonchev–Trinajstić information content (AvgIpc) is 3.49. The van der Waals surface area contributed by atoms with E-state index in [1.54, 1.807) is 7.11 Å². The summed E-state index contributed by atoms with van der Waals surface area (Å²) >= 11 is 0. The van der Waals surface area contributed by atoms with E-state index in [2.05, 4.69) is 4.90 Å². The van der Waals surface area contributed by atoms with Crippen LogP contribution < -0.4 is 9.47 Å². The number of rotatable bonds is 6. The molecule has 0 unspecified atom stereocenters. The first-order valence-electron chi connectivity index (χ1n) is 10.4. The number of fused-ring (bicyclic) bond motifs is 3. The molecule has 1 aliphatic heterocycles. The molecule has 6 nitrogen and oxygen atoms in total.